The van der Waals surface area contributed by atoms with Crippen LogP contribution in [0.1, 0.15) is 10.4 Å². The summed E-state index contributed by atoms with van der Waals surface area (Å²) in [5.74, 6) is -0.179. The van der Waals surface area contributed by atoms with Crippen LogP contribution in [-0.2, 0) is 6.54 Å². The highest BCUT2D eigenvalue weighted by Crippen LogP contribution is 2.19. The highest BCUT2D eigenvalue weighted by Gasteiger charge is 2.07. The third kappa shape index (κ3) is 4.52. The summed E-state index contributed by atoms with van der Waals surface area (Å²) in [6, 6.07) is 30.4. The van der Waals surface area contributed by atoms with E-state index < -0.39 is 0 Å². The van der Waals surface area contributed by atoms with E-state index >= 15 is 0 Å². The fourth-order valence-electron chi connectivity index (χ4n) is 3.19. The number of nitrogens with one attached hydrogen (secondary N) is 1. The number of rotatable bonds is 6. The SMILES string of the molecule is O=C(NCCn1nc(-c2ccccc2)ccc1=O)c1ccc(-c2ccccc2)cc1. The van der Waals surface area contributed by atoms with Crippen molar-refractivity contribution in [2.24, 2.45) is 0 Å². The van der Waals surface area contributed by atoms with Gasteiger partial charge >= 0.3 is 0 Å². The van der Waals surface area contributed by atoms with Crippen molar-refractivity contribution in [1.82, 2.24) is 15.1 Å². The monoisotopic (exact) mass is 395 g/mol. The van der Waals surface area contributed by atoms with Gasteiger partial charge in [0.1, 0.15) is 0 Å². The molecule has 148 valence electrons. The molecule has 4 rings (SSSR count). The Morgan fingerprint density at radius 1 is 0.733 bits per heavy atom. The lowest BCUT2D eigenvalue weighted by atomic mass is 10.0. The van der Waals surface area contributed by atoms with E-state index in [-0.39, 0.29) is 11.5 Å². The zero-order valence-electron chi connectivity index (χ0n) is 16.4. The van der Waals surface area contributed by atoms with Crippen molar-refractivity contribution < 1.29 is 4.79 Å². The third-order valence-electron chi connectivity index (χ3n) is 4.80. The van der Waals surface area contributed by atoms with Gasteiger partial charge < -0.3 is 5.32 Å². The first-order valence-electron chi connectivity index (χ1n) is 9.78. The molecule has 0 fully saturated rings. The smallest absolute Gasteiger partial charge is 0.266 e. The van der Waals surface area contributed by atoms with Gasteiger partial charge in [-0.3, -0.25) is 9.59 Å². The zero-order chi connectivity index (χ0) is 20.8. The number of amides is 1. The second-order valence-electron chi connectivity index (χ2n) is 6.85. The van der Waals surface area contributed by atoms with Crippen molar-refractivity contribution in [3.8, 4) is 22.4 Å². The molecule has 0 saturated heterocycles. The van der Waals surface area contributed by atoms with Crippen LogP contribution in [0.4, 0.5) is 0 Å². The molecule has 0 aliphatic rings. The van der Waals surface area contributed by atoms with E-state index in [0.29, 0.717) is 18.7 Å². The van der Waals surface area contributed by atoms with Crippen LogP contribution >= 0.6 is 0 Å². The van der Waals surface area contributed by atoms with Gasteiger partial charge in [-0.15, -0.1) is 0 Å². The summed E-state index contributed by atoms with van der Waals surface area (Å²) in [5, 5.41) is 7.26. The highest BCUT2D eigenvalue weighted by atomic mass is 16.1. The van der Waals surface area contributed by atoms with Gasteiger partial charge in [-0.25, -0.2) is 4.68 Å². The normalized spacial score (nSPS) is 10.5. The molecule has 3 aromatic carbocycles. The van der Waals surface area contributed by atoms with Crippen molar-refractivity contribution in [3.63, 3.8) is 0 Å². The third-order valence-corrected chi connectivity index (χ3v) is 4.80. The number of carbonyl (C=O) groups is 1. The van der Waals surface area contributed by atoms with Gasteiger partial charge in [0.15, 0.2) is 0 Å². The fourth-order valence-corrected chi connectivity index (χ4v) is 3.19. The summed E-state index contributed by atoms with van der Waals surface area (Å²) < 4.78 is 1.38. The molecule has 0 aliphatic heterocycles. The molecule has 0 atom stereocenters. The Hall–Kier alpha value is -3.99. The number of aromatic nitrogens is 2. The second-order valence-corrected chi connectivity index (χ2v) is 6.85. The first kappa shape index (κ1) is 19.3. The lowest BCUT2D eigenvalue weighted by Gasteiger charge is -2.09. The number of benzene rings is 3. The van der Waals surface area contributed by atoms with Gasteiger partial charge in [0.2, 0.25) is 0 Å². The minimum Gasteiger partial charge on any atom is -0.350 e. The molecule has 1 heterocycles. The van der Waals surface area contributed by atoms with Crippen LogP contribution in [0.25, 0.3) is 22.4 Å². The summed E-state index contributed by atoms with van der Waals surface area (Å²) in [6.07, 6.45) is 0. The van der Waals surface area contributed by atoms with E-state index in [4.69, 9.17) is 0 Å². The van der Waals surface area contributed by atoms with E-state index in [0.717, 1.165) is 22.4 Å². The van der Waals surface area contributed by atoms with E-state index in [1.807, 2.05) is 72.8 Å². The topological polar surface area (TPSA) is 64.0 Å². The molecule has 0 saturated carbocycles. The summed E-state index contributed by atoms with van der Waals surface area (Å²) in [4.78, 5) is 24.5. The average Bonchev–Trinajstić information content (AvgIpc) is 2.81. The van der Waals surface area contributed by atoms with Crippen LogP contribution in [0.3, 0.4) is 0 Å². The molecule has 30 heavy (non-hydrogen) atoms. The van der Waals surface area contributed by atoms with E-state index in [1.54, 1.807) is 18.2 Å². The number of carbonyl (C=O) groups excluding carboxylic acids is 1. The van der Waals surface area contributed by atoms with Crippen molar-refractivity contribution in [1.29, 1.82) is 0 Å². The molecule has 5 nitrogen and oxygen atoms in total. The lowest BCUT2D eigenvalue weighted by Crippen LogP contribution is -2.31. The molecule has 0 bridgehead atoms. The quantitative estimate of drug-likeness (QED) is 0.537. The number of hydrogen-bond donors (Lipinski definition) is 1. The first-order chi connectivity index (χ1) is 14.7. The zero-order valence-corrected chi connectivity index (χ0v) is 16.4. The minimum absolute atomic E-state index is 0.179. The Morgan fingerprint density at radius 3 is 2.00 bits per heavy atom. The predicted octanol–water partition coefficient (Wildman–Crippen LogP) is 4.01. The van der Waals surface area contributed by atoms with Crippen LogP contribution in [0.2, 0.25) is 0 Å². The largest absolute Gasteiger partial charge is 0.350 e. The maximum Gasteiger partial charge on any atom is 0.266 e. The van der Waals surface area contributed by atoms with E-state index in [2.05, 4.69) is 10.4 Å². The van der Waals surface area contributed by atoms with Crippen molar-refractivity contribution in [2.75, 3.05) is 6.54 Å². The predicted molar refractivity (Wildman–Crippen MR) is 118 cm³/mol. The van der Waals surface area contributed by atoms with Crippen molar-refractivity contribution in [3.05, 3.63) is 113 Å². The molecule has 0 radical (unpaired) electrons. The van der Waals surface area contributed by atoms with Crippen LogP contribution in [0.5, 0.6) is 0 Å². The van der Waals surface area contributed by atoms with Crippen LogP contribution in [0.15, 0.2) is 102 Å². The maximum atomic E-state index is 12.4. The van der Waals surface area contributed by atoms with Gasteiger partial charge in [0, 0.05) is 23.7 Å². The Bertz CT molecular complexity index is 1180. The van der Waals surface area contributed by atoms with Crippen LogP contribution in [-0.4, -0.2) is 22.2 Å². The maximum absolute atomic E-state index is 12.4. The summed E-state index contributed by atoms with van der Waals surface area (Å²) in [5.41, 5.74) is 4.20. The molecule has 5 heteroatoms. The minimum atomic E-state index is -0.198. The Labute approximate surface area is 174 Å². The highest BCUT2D eigenvalue weighted by molar-refractivity contribution is 5.94. The molecule has 1 N–H and O–H groups in total. The van der Waals surface area contributed by atoms with Gasteiger partial charge in [-0.05, 0) is 29.3 Å². The standard InChI is InChI=1S/C25H21N3O2/c29-24-16-15-23(21-9-5-2-6-10-21)27-28(24)18-17-26-25(30)22-13-11-20(12-14-22)19-7-3-1-4-8-19/h1-16H,17-18H2,(H,26,30). The molecule has 1 amide bonds. The lowest BCUT2D eigenvalue weighted by molar-refractivity contribution is 0.0952. The van der Waals surface area contributed by atoms with Gasteiger partial charge in [0.05, 0.1) is 12.2 Å². The second kappa shape index (κ2) is 9.01. The van der Waals surface area contributed by atoms with Crippen LogP contribution in [0, 0.1) is 0 Å². The molecule has 0 spiro atoms. The number of nitrogens with zero attached hydrogens (tertiary/aromatic N) is 2. The van der Waals surface area contributed by atoms with Gasteiger partial charge in [-0.1, -0.05) is 72.8 Å². The Kier molecular flexibility index (Phi) is 5.80. The summed E-state index contributed by atoms with van der Waals surface area (Å²) >= 11 is 0. The van der Waals surface area contributed by atoms with Crippen molar-refractivity contribution >= 4 is 5.91 Å². The van der Waals surface area contributed by atoms with E-state index in [9.17, 15) is 9.59 Å². The van der Waals surface area contributed by atoms with Crippen LogP contribution < -0.4 is 10.9 Å². The van der Waals surface area contributed by atoms with Gasteiger partial charge in [0.25, 0.3) is 11.5 Å². The fraction of sp³-hybridized carbons (Fsp3) is 0.0800. The number of hydrogen-bond acceptors (Lipinski definition) is 3. The molecule has 0 unspecified atom stereocenters. The van der Waals surface area contributed by atoms with Crippen molar-refractivity contribution in [2.45, 2.75) is 6.54 Å². The molecule has 4 aromatic rings. The molecular formula is C25H21N3O2. The Balaban J connectivity index is 1.38. The van der Waals surface area contributed by atoms with Gasteiger partial charge in [-0.2, -0.15) is 5.10 Å². The molecular weight excluding hydrogens is 374 g/mol. The molecule has 1 aromatic heterocycles. The summed E-state index contributed by atoms with van der Waals surface area (Å²) in [7, 11) is 0. The molecule has 0 aliphatic carbocycles. The average molecular weight is 395 g/mol. The first-order valence-corrected chi connectivity index (χ1v) is 9.78. The Morgan fingerprint density at radius 2 is 1.33 bits per heavy atom. The van der Waals surface area contributed by atoms with E-state index in [1.165, 1.54) is 10.7 Å². The summed E-state index contributed by atoms with van der Waals surface area (Å²) in [6.45, 7) is 0.609.